The van der Waals surface area contributed by atoms with Crippen LogP contribution in [0.2, 0.25) is 0 Å². The number of benzene rings is 2. The minimum Gasteiger partial charge on any atom is -0.486 e. The maximum absolute atomic E-state index is 14.1. The van der Waals surface area contributed by atoms with Gasteiger partial charge in [-0.05, 0) is 55.3 Å². The lowest BCUT2D eigenvalue weighted by Crippen LogP contribution is -2.24. The van der Waals surface area contributed by atoms with Crippen LogP contribution in [-0.2, 0) is 6.54 Å². The van der Waals surface area contributed by atoms with Gasteiger partial charge in [0.1, 0.15) is 19.0 Å². The molecule has 0 aromatic heterocycles. The van der Waals surface area contributed by atoms with E-state index in [2.05, 4.69) is 17.0 Å². The van der Waals surface area contributed by atoms with Crippen molar-refractivity contribution in [2.45, 2.75) is 25.4 Å². The highest BCUT2D eigenvalue weighted by Crippen LogP contribution is 2.38. The molecule has 0 saturated carbocycles. The van der Waals surface area contributed by atoms with Crippen LogP contribution in [0.25, 0.3) is 0 Å². The molecule has 25 heavy (non-hydrogen) atoms. The van der Waals surface area contributed by atoms with Gasteiger partial charge in [-0.25, -0.2) is 4.39 Å². The monoisotopic (exact) mass is 338 g/mol. The minimum atomic E-state index is -0.258. The molecule has 4 rings (SSSR count). The Labute approximate surface area is 146 Å². The first-order valence-electron chi connectivity index (χ1n) is 8.57. The molecule has 0 unspecified atom stereocenters. The van der Waals surface area contributed by atoms with E-state index in [1.54, 1.807) is 6.07 Å². The van der Waals surface area contributed by atoms with E-state index in [0.717, 1.165) is 30.9 Å². The fourth-order valence-electron chi connectivity index (χ4n) is 3.64. The van der Waals surface area contributed by atoms with Crippen LogP contribution in [0.1, 0.15) is 35.6 Å². The number of hydrogen-bond donors (Lipinski definition) is 0. The van der Waals surface area contributed by atoms with Gasteiger partial charge in [0.15, 0.2) is 11.5 Å². The van der Waals surface area contributed by atoms with Gasteiger partial charge >= 0.3 is 0 Å². The first-order valence-corrected chi connectivity index (χ1v) is 8.57. The molecule has 0 spiro atoms. The molecule has 2 aliphatic heterocycles. The van der Waals surface area contributed by atoms with Crippen LogP contribution >= 0.6 is 0 Å². The summed E-state index contributed by atoms with van der Waals surface area (Å²) in [6.45, 7) is 2.56. The quantitative estimate of drug-likeness (QED) is 0.854. The topological polar surface area (TPSA) is 45.5 Å². The third-order valence-corrected chi connectivity index (χ3v) is 4.86. The Bertz CT molecular complexity index is 831. The molecule has 2 aromatic carbocycles. The molecule has 1 saturated heterocycles. The Morgan fingerprint density at radius 1 is 1.12 bits per heavy atom. The number of likely N-dealkylation sites (tertiary alicyclic amines) is 1. The van der Waals surface area contributed by atoms with Gasteiger partial charge in [-0.3, -0.25) is 4.90 Å². The highest BCUT2D eigenvalue weighted by molar-refractivity contribution is 5.45. The SMILES string of the molecule is N#Cc1ccc(F)c(CN2CCC[C@@H]2c2ccc3c(c2)OCCO3)c1. The molecule has 0 N–H and O–H groups in total. The van der Waals surface area contributed by atoms with Crippen LogP contribution in [0.15, 0.2) is 36.4 Å². The van der Waals surface area contributed by atoms with Crippen molar-refractivity contribution in [3.05, 3.63) is 58.9 Å². The summed E-state index contributed by atoms with van der Waals surface area (Å²) in [5.74, 6) is 1.31. The van der Waals surface area contributed by atoms with E-state index in [-0.39, 0.29) is 11.9 Å². The first-order chi connectivity index (χ1) is 12.2. The Morgan fingerprint density at radius 2 is 1.96 bits per heavy atom. The molecule has 0 amide bonds. The van der Waals surface area contributed by atoms with Crippen molar-refractivity contribution in [3.8, 4) is 17.6 Å². The molecule has 1 atom stereocenters. The summed E-state index contributed by atoms with van der Waals surface area (Å²) in [6.07, 6.45) is 2.10. The molecule has 5 heteroatoms. The molecule has 128 valence electrons. The lowest BCUT2D eigenvalue weighted by Gasteiger charge is -2.26. The summed E-state index contributed by atoms with van der Waals surface area (Å²) in [4.78, 5) is 2.27. The zero-order chi connectivity index (χ0) is 17.2. The van der Waals surface area contributed by atoms with E-state index >= 15 is 0 Å². The second-order valence-electron chi connectivity index (χ2n) is 6.45. The van der Waals surface area contributed by atoms with Gasteiger partial charge in [0.05, 0.1) is 11.6 Å². The van der Waals surface area contributed by atoms with E-state index in [1.807, 2.05) is 12.1 Å². The smallest absolute Gasteiger partial charge is 0.161 e. The average molecular weight is 338 g/mol. The van der Waals surface area contributed by atoms with Crippen molar-refractivity contribution in [1.82, 2.24) is 4.90 Å². The summed E-state index contributed by atoms with van der Waals surface area (Å²) in [5.41, 5.74) is 2.23. The van der Waals surface area contributed by atoms with Crippen LogP contribution < -0.4 is 9.47 Å². The third-order valence-electron chi connectivity index (χ3n) is 4.86. The molecule has 2 aliphatic rings. The predicted octanol–water partition coefficient (Wildman–Crippen LogP) is 3.81. The maximum Gasteiger partial charge on any atom is 0.161 e. The third kappa shape index (κ3) is 3.18. The summed E-state index contributed by atoms with van der Waals surface area (Å²) >= 11 is 0. The molecule has 0 radical (unpaired) electrons. The van der Waals surface area contributed by atoms with E-state index < -0.39 is 0 Å². The van der Waals surface area contributed by atoms with Crippen molar-refractivity contribution in [2.24, 2.45) is 0 Å². The van der Waals surface area contributed by atoms with Crippen molar-refractivity contribution in [2.75, 3.05) is 19.8 Å². The number of fused-ring (bicyclic) bond motifs is 1. The van der Waals surface area contributed by atoms with E-state index in [1.165, 1.54) is 17.7 Å². The van der Waals surface area contributed by atoms with Crippen molar-refractivity contribution < 1.29 is 13.9 Å². The Balaban J connectivity index is 1.58. The standard InChI is InChI=1S/C20H19FN2O2/c21-17-5-3-14(12-22)10-16(17)13-23-7-1-2-18(23)15-4-6-19-20(11-15)25-9-8-24-19/h3-6,10-11,18H,1-2,7-9,13H2/t18-/m1/s1. The van der Waals surface area contributed by atoms with E-state index in [9.17, 15) is 4.39 Å². The number of nitrogens with zero attached hydrogens (tertiary/aromatic N) is 2. The highest BCUT2D eigenvalue weighted by Gasteiger charge is 2.28. The Morgan fingerprint density at radius 3 is 2.80 bits per heavy atom. The average Bonchev–Trinajstić information content (AvgIpc) is 3.11. The van der Waals surface area contributed by atoms with Gasteiger partial charge in [0.25, 0.3) is 0 Å². The van der Waals surface area contributed by atoms with Crippen molar-refractivity contribution in [1.29, 1.82) is 5.26 Å². The van der Waals surface area contributed by atoms with Crippen LogP contribution in [-0.4, -0.2) is 24.7 Å². The van der Waals surface area contributed by atoms with Crippen LogP contribution in [0, 0.1) is 17.1 Å². The molecule has 2 heterocycles. The molecule has 1 fully saturated rings. The van der Waals surface area contributed by atoms with Crippen LogP contribution in [0.3, 0.4) is 0 Å². The molecule has 0 aliphatic carbocycles. The molecule has 4 nitrogen and oxygen atoms in total. The molecular weight excluding hydrogens is 319 g/mol. The summed E-state index contributed by atoms with van der Waals surface area (Å²) in [7, 11) is 0. The van der Waals surface area contributed by atoms with Crippen molar-refractivity contribution >= 4 is 0 Å². The molecular formula is C20H19FN2O2. The zero-order valence-electron chi connectivity index (χ0n) is 13.9. The summed E-state index contributed by atoms with van der Waals surface area (Å²) in [6, 6.07) is 12.9. The largest absolute Gasteiger partial charge is 0.486 e. The highest BCUT2D eigenvalue weighted by atomic mass is 19.1. The number of halogens is 1. The van der Waals surface area contributed by atoms with E-state index in [4.69, 9.17) is 14.7 Å². The van der Waals surface area contributed by atoms with Gasteiger partial charge in [0.2, 0.25) is 0 Å². The fourth-order valence-corrected chi connectivity index (χ4v) is 3.64. The number of nitriles is 1. The second-order valence-corrected chi connectivity index (χ2v) is 6.45. The van der Waals surface area contributed by atoms with E-state index in [0.29, 0.717) is 30.9 Å². The van der Waals surface area contributed by atoms with Gasteiger partial charge in [-0.15, -0.1) is 0 Å². The normalized spacial score (nSPS) is 19.6. The van der Waals surface area contributed by atoms with Gasteiger partial charge in [-0.2, -0.15) is 5.26 Å². The Kier molecular flexibility index (Phi) is 4.29. The predicted molar refractivity (Wildman–Crippen MR) is 90.9 cm³/mol. The first kappa shape index (κ1) is 15.9. The van der Waals surface area contributed by atoms with Gasteiger partial charge < -0.3 is 9.47 Å². The molecule has 0 bridgehead atoms. The molecule has 2 aromatic rings. The Hall–Kier alpha value is -2.58. The number of hydrogen-bond acceptors (Lipinski definition) is 4. The lowest BCUT2D eigenvalue weighted by atomic mass is 10.0. The minimum absolute atomic E-state index is 0.223. The van der Waals surface area contributed by atoms with Gasteiger partial charge in [-0.1, -0.05) is 6.07 Å². The number of rotatable bonds is 3. The van der Waals surface area contributed by atoms with Crippen LogP contribution in [0.4, 0.5) is 4.39 Å². The van der Waals surface area contributed by atoms with Gasteiger partial charge in [0, 0.05) is 18.2 Å². The summed E-state index contributed by atoms with van der Waals surface area (Å²) in [5, 5.41) is 9.04. The van der Waals surface area contributed by atoms with Crippen LogP contribution in [0.5, 0.6) is 11.5 Å². The summed E-state index contributed by atoms with van der Waals surface area (Å²) < 4.78 is 25.4. The number of ether oxygens (including phenoxy) is 2. The second kappa shape index (κ2) is 6.73. The zero-order valence-corrected chi connectivity index (χ0v) is 13.9. The fraction of sp³-hybridized carbons (Fsp3) is 0.350. The lowest BCUT2D eigenvalue weighted by molar-refractivity contribution is 0.170. The maximum atomic E-state index is 14.1. The van der Waals surface area contributed by atoms with Crippen molar-refractivity contribution in [3.63, 3.8) is 0 Å².